The van der Waals surface area contributed by atoms with Crippen LogP contribution in [0.25, 0.3) is 0 Å². The summed E-state index contributed by atoms with van der Waals surface area (Å²) < 4.78 is 0. The molecule has 0 aromatic rings. The fraction of sp³-hybridized carbons (Fsp3) is 0.929. The molecule has 0 bridgehead atoms. The first-order chi connectivity index (χ1) is 8.02. The zero-order valence-corrected chi connectivity index (χ0v) is 11.5. The number of hydrogen-bond acceptors (Lipinski definition) is 2. The highest BCUT2D eigenvalue weighted by atomic mass is 16.4. The number of carbonyl (C=O) groups is 1. The summed E-state index contributed by atoms with van der Waals surface area (Å²) in [5.74, 6) is 0.0846. The van der Waals surface area contributed by atoms with Crippen molar-refractivity contribution in [2.45, 2.75) is 71.4 Å². The van der Waals surface area contributed by atoms with Gasteiger partial charge in [-0.1, -0.05) is 19.8 Å². The van der Waals surface area contributed by atoms with E-state index in [2.05, 4.69) is 25.7 Å². The van der Waals surface area contributed by atoms with Crippen molar-refractivity contribution in [3.8, 4) is 0 Å². The van der Waals surface area contributed by atoms with Crippen molar-refractivity contribution in [2.24, 2.45) is 5.92 Å². The molecular weight excluding hydrogens is 214 g/mol. The van der Waals surface area contributed by atoms with Gasteiger partial charge in [0.2, 0.25) is 0 Å². The molecule has 3 nitrogen and oxygen atoms in total. The van der Waals surface area contributed by atoms with Crippen LogP contribution in [0.15, 0.2) is 0 Å². The first-order valence-corrected chi connectivity index (χ1v) is 7.00. The van der Waals surface area contributed by atoms with E-state index in [1.54, 1.807) is 0 Å². The molecule has 1 aliphatic carbocycles. The molecule has 3 heteroatoms. The van der Waals surface area contributed by atoms with Crippen LogP contribution in [0.4, 0.5) is 0 Å². The molecule has 2 unspecified atom stereocenters. The molecule has 0 aromatic heterocycles. The number of nitrogens with zero attached hydrogens (tertiary/aromatic N) is 1. The number of carboxylic acid groups (broad SMARTS) is 1. The Hall–Kier alpha value is -0.570. The smallest absolute Gasteiger partial charge is 0.303 e. The van der Waals surface area contributed by atoms with Crippen LogP contribution in [0, 0.1) is 5.92 Å². The van der Waals surface area contributed by atoms with E-state index in [1.165, 1.54) is 25.7 Å². The molecule has 0 radical (unpaired) electrons. The molecule has 1 saturated carbocycles. The summed E-state index contributed by atoms with van der Waals surface area (Å²) in [6, 6.07) is 1.19. The normalized spacial score (nSPS) is 25.5. The average molecular weight is 241 g/mol. The predicted molar refractivity (Wildman–Crippen MR) is 70.1 cm³/mol. The molecule has 1 N–H and O–H groups in total. The molecule has 1 fully saturated rings. The summed E-state index contributed by atoms with van der Waals surface area (Å²) in [6.07, 6.45) is 6.37. The average Bonchev–Trinajstić information content (AvgIpc) is 2.25. The van der Waals surface area contributed by atoms with Gasteiger partial charge < -0.3 is 5.11 Å². The van der Waals surface area contributed by atoms with Crippen LogP contribution in [0.2, 0.25) is 0 Å². The quantitative estimate of drug-likeness (QED) is 0.776. The molecule has 2 atom stereocenters. The first kappa shape index (κ1) is 14.5. The third-order valence-electron chi connectivity index (χ3n) is 3.96. The van der Waals surface area contributed by atoms with E-state index in [1.807, 2.05) is 0 Å². The van der Waals surface area contributed by atoms with Crippen molar-refractivity contribution in [3.63, 3.8) is 0 Å². The van der Waals surface area contributed by atoms with Gasteiger partial charge in [-0.3, -0.25) is 9.69 Å². The third-order valence-corrected chi connectivity index (χ3v) is 3.96. The zero-order chi connectivity index (χ0) is 12.8. The zero-order valence-electron chi connectivity index (χ0n) is 11.5. The summed E-state index contributed by atoms with van der Waals surface area (Å²) in [7, 11) is 0. The van der Waals surface area contributed by atoms with Gasteiger partial charge in [-0.25, -0.2) is 0 Å². The summed E-state index contributed by atoms with van der Waals surface area (Å²) >= 11 is 0. The summed E-state index contributed by atoms with van der Waals surface area (Å²) in [4.78, 5) is 13.1. The molecule has 100 valence electrons. The maximum absolute atomic E-state index is 10.6. The lowest BCUT2D eigenvalue weighted by Gasteiger charge is -2.41. The largest absolute Gasteiger partial charge is 0.481 e. The van der Waals surface area contributed by atoms with Crippen LogP contribution in [-0.4, -0.2) is 34.6 Å². The summed E-state index contributed by atoms with van der Waals surface area (Å²) in [5, 5.41) is 8.71. The van der Waals surface area contributed by atoms with E-state index < -0.39 is 5.97 Å². The Bertz CT molecular complexity index is 240. The number of carboxylic acids is 1. The Labute approximate surface area is 105 Å². The summed E-state index contributed by atoms with van der Waals surface area (Å²) in [5.41, 5.74) is 0. The Morgan fingerprint density at radius 1 is 1.35 bits per heavy atom. The molecule has 1 aliphatic rings. The second kappa shape index (κ2) is 7.00. The SMILES string of the molecule is CC1CCCCC1N(CCCC(=O)O)C(C)C. The van der Waals surface area contributed by atoms with Crippen molar-refractivity contribution < 1.29 is 9.90 Å². The predicted octanol–water partition coefficient (Wildman–Crippen LogP) is 3.14. The standard InChI is InChI=1S/C14H27NO2/c1-11(2)15(10-6-9-14(16)17)13-8-5-4-7-12(13)3/h11-13H,4-10H2,1-3H3,(H,16,17). The van der Waals surface area contributed by atoms with Gasteiger partial charge in [0.05, 0.1) is 0 Å². The van der Waals surface area contributed by atoms with Crippen molar-refractivity contribution in [1.82, 2.24) is 4.90 Å². The monoisotopic (exact) mass is 241 g/mol. The van der Waals surface area contributed by atoms with Gasteiger partial charge >= 0.3 is 5.97 Å². The molecule has 0 aliphatic heterocycles. The van der Waals surface area contributed by atoms with Gasteiger partial charge in [-0.15, -0.1) is 0 Å². The minimum Gasteiger partial charge on any atom is -0.481 e. The lowest BCUT2D eigenvalue weighted by Crippen LogP contribution is -2.46. The lowest BCUT2D eigenvalue weighted by molar-refractivity contribution is -0.137. The van der Waals surface area contributed by atoms with Crippen LogP contribution in [0.3, 0.4) is 0 Å². The number of aliphatic carboxylic acids is 1. The molecule has 17 heavy (non-hydrogen) atoms. The molecule has 0 saturated heterocycles. The maximum Gasteiger partial charge on any atom is 0.303 e. The van der Waals surface area contributed by atoms with Crippen LogP contribution in [-0.2, 0) is 4.79 Å². The highest BCUT2D eigenvalue weighted by molar-refractivity contribution is 5.66. The molecule has 1 rings (SSSR count). The molecular formula is C14H27NO2. The lowest BCUT2D eigenvalue weighted by atomic mass is 9.84. The summed E-state index contributed by atoms with van der Waals surface area (Å²) in [6.45, 7) is 7.72. The Kier molecular flexibility index (Phi) is 5.96. The number of rotatable bonds is 6. The van der Waals surface area contributed by atoms with Gasteiger partial charge in [0.15, 0.2) is 0 Å². The van der Waals surface area contributed by atoms with Gasteiger partial charge in [0, 0.05) is 18.5 Å². The second-order valence-corrected chi connectivity index (χ2v) is 5.66. The second-order valence-electron chi connectivity index (χ2n) is 5.66. The van der Waals surface area contributed by atoms with E-state index in [9.17, 15) is 4.79 Å². The fourth-order valence-corrected chi connectivity index (χ4v) is 3.01. The molecule has 0 heterocycles. The van der Waals surface area contributed by atoms with Gasteiger partial charge in [-0.05, 0) is 45.6 Å². The highest BCUT2D eigenvalue weighted by Crippen LogP contribution is 2.29. The van der Waals surface area contributed by atoms with E-state index >= 15 is 0 Å². The Balaban J connectivity index is 2.48. The van der Waals surface area contributed by atoms with Gasteiger partial charge in [0.1, 0.15) is 0 Å². The van der Waals surface area contributed by atoms with Crippen LogP contribution < -0.4 is 0 Å². The molecule has 0 amide bonds. The van der Waals surface area contributed by atoms with Crippen molar-refractivity contribution >= 4 is 5.97 Å². The highest BCUT2D eigenvalue weighted by Gasteiger charge is 2.28. The minimum atomic E-state index is -0.676. The van der Waals surface area contributed by atoms with Gasteiger partial charge in [-0.2, -0.15) is 0 Å². The Morgan fingerprint density at radius 3 is 2.53 bits per heavy atom. The van der Waals surface area contributed by atoms with E-state index in [4.69, 9.17) is 5.11 Å². The van der Waals surface area contributed by atoms with Crippen molar-refractivity contribution in [1.29, 1.82) is 0 Å². The van der Waals surface area contributed by atoms with E-state index in [0.717, 1.165) is 18.9 Å². The first-order valence-electron chi connectivity index (χ1n) is 7.00. The molecule has 0 spiro atoms. The van der Waals surface area contributed by atoms with Crippen molar-refractivity contribution in [3.05, 3.63) is 0 Å². The Morgan fingerprint density at radius 2 is 2.00 bits per heavy atom. The maximum atomic E-state index is 10.6. The fourth-order valence-electron chi connectivity index (χ4n) is 3.01. The number of hydrogen-bond donors (Lipinski definition) is 1. The minimum absolute atomic E-state index is 0.296. The van der Waals surface area contributed by atoms with Gasteiger partial charge in [0.25, 0.3) is 0 Å². The van der Waals surface area contributed by atoms with E-state index in [0.29, 0.717) is 18.5 Å². The third kappa shape index (κ3) is 4.66. The van der Waals surface area contributed by atoms with Crippen LogP contribution >= 0.6 is 0 Å². The van der Waals surface area contributed by atoms with Crippen LogP contribution in [0.5, 0.6) is 0 Å². The van der Waals surface area contributed by atoms with Crippen molar-refractivity contribution in [2.75, 3.05) is 6.54 Å². The topological polar surface area (TPSA) is 40.5 Å². The van der Waals surface area contributed by atoms with E-state index in [-0.39, 0.29) is 0 Å². The van der Waals surface area contributed by atoms with Crippen LogP contribution in [0.1, 0.15) is 59.3 Å². The molecule has 0 aromatic carbocycles.